The maximum absolute atomic E-state index is 12.1. The molecule has 0 bridgehead atoms. The minimum Gasteiger partial charge on any atom is -0.452 e. The van der Waals surface area contributed by atoms with E-state index in [0.717, 1.165) is 6.42 Å². The quantitative estimate of drug-likeness (QED) is 0.637. The van der Waals surface area contributed by atoms with Crippen molar-refractivity contribution in [2.75, 3.05) is 12.9 Å². The molecule has 0 radical (unpaired) electrons. The number of carbonyl (C=O) groups is 2. The third-order valence-corrected chi connectivity index (χ3v) is 3.68. The van der Waals surface area contributed by atoms with Crippen LogP contribution in [-0.2, 0) is 9.53 Å². The van der Waals surface area contributed by atoms with Gasteiger partial charge in [0.15, 0.2) is 6.61 Å². The predicted octanol–water partition coefficient (Wildman–Crippen LogP) is 3.29. The summed E-state index contributed by atoms with van der Waals surface area (Å²) in [6.45, 7) is 9.98. The van der Waals surface area contributed by atoms with E-state index >= 15 is 0 Å². The van der Waals surface area contributed by atoms with Crippen molar-refractivity contribution < 1.29 is 14.3 Å². The third-order valence-electron chi connectivity index (χ3n) is 2.97. The highest BCUT2D eigenvalue weighted by Gasteiger charge is 2.27. The molecule has 1 aromatic rings. The van der Waals surface area contributed by atoms with Crippen molar-refractivity contribution in [3.05, 3.63) is 23.9 Å². The van der Waals surface area contributed by atoms with Gasteiger partial charge >= 0.3 is 5.97 Å². The van der Waals surface area contributed by atoms with Crippen molar-refractivity contribution in [1.29, 1.82) is 0 Å². The SMILES string of the molecule is CSc1ncccc1C(=O)OCC(=O)NC(C)(C)CC(C)(C)C. The number of nitrogens with one attached hydrogen (secondary N) is 1. The van der Waals surface area contributed by atoms with Crippen molar-refractivity contribution in [2.24, 2.45) is 5.41 Å². The lowest BCUT2D eigenvalue weighted by atomic mass is 9.82. The standard InChI is InChI=1S/C17H26N2O3S/c1-16(2,3)11-17(4,5)19-13(20)10-22-15(21)12-8-7-9-18-14(12)23-6/h7-9H,10-11H2,1-6H3,(H,19,20). The smallest absolute Gasteiger partial charge is 0.341 e. The fourth-order valence-electron chi connectivity index (χ4n) is 2.70. The third kappa shape index (κ3) is 7.03. The molecule has 0 saturated heterocycles. The van der Waals surface area contributed by atoms with Crippen molar-refractivity contribution in [1.82, 2.24) is 10.3 Å². The Labute approximate surface area is 142 Å². The van der Waals surface area contributed by atoms with Crippen LogP contribution in [0.25, 0.3) is 0 Å². The molecule has 1 heterocycles. The van der Waals surface area contributed by atoms with Crippen LogP contribution in [0.4, 0.5) is 0 Å². The molecular weight excluding hydrogens is 312 g/mol. The van der Waals surface area contributed by atoms with Crippen LogP contribution in [0, 0.1) is 5.41 Å². The van der Waals surface area contributed by atoms with Crippen LogP contribution >= 0.6 is 11.8 Å². The Balaban J connectivity index is 2.58. The number of hydrogen-bond donors (Lipinski definition) is 1. The zero-order chi connectivity index (χ0) is 17.7. The first-order valence-electron chi connectivity index (χ1n) is 7.51. The Bertz CT molecular complexity index is 565. The zero-order valence-corrected chi connectivity index (χ0v) is 15.5. The molecule has 1 amide bonds. The van der Waals surface area contributed by atoms with Crippen LogP contribution in [-0.4, -0.2) is 35.3 Å². The molecule has 0 aliphatic rings. The largest absolute Gasteiger partial charge is 0.452 e. The summed E-state index contributed by atoms with van der Waals surface area (Å²) in [5.41, 5.74) is 0.110. The van der Waals surface area contributed by atoms with Gasteiger partial charge in [-0.2, -0.15) is 0 Å². The van der Waals surface area contributed by atoms with E-state index in [4.69, 9.17) is 4.74 Å². The molecule has 0 aliphatic carbocycles. The van der Waals surface area contributed by atoms with Crippen LogP contribution in [0.15, 0.2) is 23.4 Å². The molecule has 128 valence electrons. The minimum absolute atomic E-state index is 0.0937. The summed E-state index contributed by atoms with van der Waals surface area (Å²) in [6.07, 6.45) is 4.27. The number of nitrogens with zero attached hydrogens (tertiary/aromatic N) is 1. The van der Waals surface area contributed by atoms with Gasteiger partial charge in [0.2, 0.25) is 0 Å². The van der Waals surface area contributed by atoms with Crippen molar-refractivity contribution in [3.8, 4) is 0 Å². The summed E-state index contributed by atoms with van der Waals surface area (Å²) in [5, 5.41) is 3.50. The van der Waals surface area contributed by atoms with Gasteiger partial charge in [0.05, 0.1) is 5.56 Å². The van der Waals surface area contributed by atoms with Crippen molar-refractivity contribution in [3.63, 3.8) is 0 Å². The Morgan fingerprint density at radius 3 is 2.48 bits per heavy atom. The zero-order valence-electron chi connectivity index (χ0n) is 14.7. The summed E-state index contributed by atoms with van der Waals surface area (Å²) >= 11 is 1.36. The predicted molar refractivity (Wildman–Crippen MR) is 92.6 cm³/mol. The fraction of sp³-hybridized carbons (Fsp3) is 0.588. The number of pyridine rings is 1. The molecule has 0 aliphatic heterocycles. The minimum atomic E-state index is -0.536. The summed E-state index contributed by atoms with van der Waals surface area (Å²) in [6, 6.07) is 3.31. The van der Waals surface area contributed by atoms with E-state index in [-0.39, 0.29) is 23.5 Å². The van der Waals surface area contributed by atoms with E-state index in [1.54, 1.807) is 18.3 Å². The molecular formula is C17H26N2O3S. The maximum atomic E-state index is 12.1. The molecule has 1 N–H and O–H groups in total. The number of carbonyl (C=O) groups excluding carboxylic acids is 2. The first kappa shape index (κ1) is 19.5. The Morgan fingerprint density at radius 1 is 1.26 bits per heavy atom. The van der Waals surface area contributed by atoms with E-state index in [0.29, 0.717) is 10.6 Å². The highest BCUT2D eigenvalue weighted by molar-refractivity contribution is 7.98. The summed E-state index contributed by atoms with van der Waals surface area (Å²) in [7, 11) is 0. The van der Waals surface area contributed by atoms with Gasteiger partial charge in [-0.15, -0.1) is 11.8 Å². The molecule has 1 rings (SSSR count). The molecule has 23 heavy (non-hydrogen) atoms. The first-order chi connectivity index (χ1) is 10.5. The molecule has 6 heteroatoms. The number of aromatic nitrogens is 1. The highest BCUT2D eigenvalue weighted by Crippen LogP contribution is 2.26. The van der Waals surface area contributed by atoms with E-state index in [2.05, 4.69) is 31.1 Å². The Kier molecular flexibility index (Phi) is 6.62. The molecule has 1 aromatic heterocycles. The first-order valence-corrected chi connectivity index (χ1v) is 8.74. The van der Waals surface area contributed by atoms with Crippen LogP contribution in [0.2, 0.25) is 0 Å². The lowest BCUT2D eigenvalue weighted by molar-refractivity contribution is -0.126. The van der Waals surface area contributed by atoms with Crippen molar-refractivity contribution in [2.45, 2.75) is 51.6 Å². The van der Waals surface area contributed by atoms with Crippen LogP contribution < -0.4 is 5.32 Å². The van der Waals surface area contributed by atoms with Gasteiger partial charge in [0, 0.05) is 11.7 Å². The van der Waals surface area contributed by atoms with Gasteiger partial charge in [0.1, 0.15) is 5.03 Å². The monoisotopic (exact) mass is 338 g/mol. The van der Waals surface area contributed by atoms with Crippen LogP contribution in [0.3, 0.4) is 0 Å². The molecule has 0 aromatic carbocycles. The van der Waals surface area contributed by atoms with Gasteiger partial charge < -0.3 is 10.1 Å². The average Bonchev–Trinajstić information content (AvgIpc) is 2.41. The number of thioether (sulfide) groups is 1. The normalized spacial score (nSPS) is 11.9. The maximum Gasteiger partial charge on any atom is 0.341 e. The highest BCUT2D eigenvalue weighted by atomic mass is 32.2. The second-order valence-electron chi connectivity index (χ2n) is 7.31. The molecule has 0 unspecified atom stereocenters. The van der Waals surface area contributed by atoms with E-state index < -0.39 is 5.97 Å². The molecule has 0 fully saturated rings. The van der Waals surface area contributed by atoms with Gasteiger partial charge in [-0.1, -0.05) is 20.8 Å². The summed E-state index contributed by atoms with van der Waals surface area (Å²) < 4.78 is 5.10. The second kappa shape index (κ2) is 7.81. The number of rotatable bonds is 6. The number of amides is 1. The topological polar surface area (TPSA) is 68.3 Å². The fourth-order valence-corrected chi connectivity index (χ4v) is 3.24. The second-order valence-corrected chi connectivity index (χ2v) is 8.10. The lowest BCUT2D eigenvalue weighted by Gasteiger charge is -2.33. The van der Waals surface area contributed by atoms with Gasteiger partial charge in [0.25, 0.3) is 5.91 Å². The van der Waals surface area contributed by atoms with Gasteiger partial charge in [-0.25, -0.2) is 9.78 Å². The van der Waals surface area contributed by atoms with Gasteiger partial charge in [-0.05, 0) is 44.1 Å². The number of ether oxygens (including phenoxy) is 1. The van der Waals surface area contributed by atoms with Crippen LogP contribution in [0.1, 0.15) is 51.4 Å². The molecule has 0 atom stereocenters. The number of hydrogen-bond acceptors (Lipinski definition) is 5. The lowest BCUT2D eigenvalue weighted by Crippen LogP contribution is -2.47. The average molecular weight is 338 g/mol. The van der Waals surface area contributed by atoms with Crippen molar-refractivity contribution >= 4 is 23.6 Å². The Morgan fingerprint density at radius 2 is 1.91 bits per heavy atom. The molecule has 5 nitrogen and oxygen atoms in total. The molecule has 0 spiro atoms. The van der Waals surface area contributed by atoms with E-state index in [1.807, 2.05) is 20.1 Å². The number of esters is 1. The van der Waals surface area contributed by atoms with E-state index in [1.165, 1.54) is 11.8 Å². The Hall–Kier alpha value is -1.56. The van der Waals surface area contributed by atoms with Crippen LogP contribution in [0.5, 0.6) is 0 Å². The summed E-state index contributed by atoms with van der Waals surface area (Å²) in [5.74, 6) is -0.839. The summed E-state index contributed by atoms with van der Waals surface area (Å²) in [4.78, 5) is 28.2. The van der Waals surface area contributed by atoms with E-state index in [9.17, 15) is 9.59 Å². The molecule has 0 saturated carbocycles. The van der Waals surface area contributed by atoms with Gasteiger partial charge in [-0.3, -0.25) is 4.79 Å².